The zero-order valence-electron chi connectivity index (χ0n) is 36.4. The van der Waals surface area contributed by atoms with Crippen molar-refractivity contribution in [2.45, 2.75) is 213 Å². The number of allylic oxidation sites excluding steroid dienone is 12. The topological polar surface area (TPSA) is 78.9 Å². The zero-order valence-corrected chi connectivity index (χ0v) is 36.4. The molecule has 0 aliphatic carbocycles. The highest BCUT2D eigenvalue weighted by molar-refractivity contribution is 5.71. The van der Waals surface area contributed by atoms with Crippen molar-refractivity contribution in [3.8, 4) is 0 Å². The quantitative estimate of drug-likeness (QED) is 0.0267. The summed E-state index contributed by atoms with van der Waals surface area (Å²) in [5.41, 5.74) is 0. The van der Waals surface area contributed by atoms with E-state index in [9.17, 15) is 14.4 Å². The molecule has 0 aliphatic rings. The van der Waals surface area contributed by atoms with Gasteiger partial charge in [-0.3, -0.25) is 14.4 Å². The third-order valence-electron chi connectivity index (χ3n) is 9.43. The van der Waals surface area contributed by atoms with Gasteiger partial charge in [0.05, 0.1) is 0 Å². The van der Waals surface area contributed by atoms with E-state index >= 15 is 0 Å². The predicted molar refractivity (Wildman–Crippen MR) is 238 cm³/mol. The van der Waals surface area contributed by atoms with E-state index in [2.05, 4.69) is 93.7 Å². The first-order chi connectivity index (χ1) is 27.5. The molecule has 0 fully saturated rings. The molecule has 56 heavy (non-hydrogen) atoms. The fourth-order valence-corrected chi connectivity index (χ4v) is 6.03. The van der Waals surface area contributed by atoms with Crippen LogP contribution in [0.5, 0.6) is 0 Å². The number of esters is 3. The largest absolute Gasteiger partial charge is 0.462 e. The minimum Gasteiger partial charge on any atom is -0.462 e. The lowest BCUT2D eigenvalue weighted by molar-refractivity contribution is -0.167. The molecule has 0 aromatic rings. The Labute approximate surface area is 344 Å². The van der Waals surface area contributed by atoms with Crippen molar-refractivity contribution in [2.24, 2.45) is 0 Å². The van der Waals surface area contributed by atoms with Gasteiger partial charge in [-0.25, -0.2) is 0 Å². The summed E-state index contributed by atoms with van der Waals surface area (Å²) in [6, 6.07) is 0. The van der Waals surface area contributed by atoms with Crippen LogP contribution in [0.4, 0.5) is 0 Å². The number of hydrogen-bond acceptors (Lipinski definition) is 6. The average Bonchev–Trinajstić information content (AvgIpc) is 3.19. The van der Waals surface area contributed by atoms with Crippen LogP contribution in [0.25, 0.3) is 0 Å². The van der Waals surface area contributed by atoms with Crippen LogP contribution in [0.15, 0.2) is 72.9 Å². The summed E-state index contributed by atoms with van der Waals surface area (Å²) in [4.78, 5) is 37.7. The van der Waals surface area contributed by atoms with Crippen molar-refractivity contribution in [3.63, 3.8) is 0 Å². The lowest BCUT2D eigenvalue weighted by Gasteiger charge is -2.18. The zero-order chi connectivity index (χ0) is 40.8. The fourth-order valence-electron chi connectivity index (χ4n) is 6.03. The van der Waals surface area contributed by atoms with E-state index < -0.39 is 6.10 Å². The molecule has 0 amide bonds. The smallest absolute Gasteiger partial charge is 0.306 e. The molecule has 0 aromatic heterocycles. The number of carbonyl (C=O) groups excluding carboxylic acids is 3. The molecule has 0 saturated heterocycles. The van der Waals surface area contributed by atoms with Crippen molar-refractivity contribution < 1.29 is 28.6 Å². The Morgan fingerprint density at radius 1 is 0.375 bits per heavy atom. The number of rotatable bonds is 40. The Morgan fingerprint density at radius 3 is 1.20 bits per heavy atom. The lowest BCUT2D eigenvalue weighted by atomic mass is 10.1. The van der Waals surface area contributed by atoms with Gasteiger partial charge in [-0.1, -0.05) is 164 Å². The summed E-state index contributed by atoms with van der Waals surface area (Å²) in [5, 5.41) is 0. The highest BCUT2D eigenvalue weighted by Gasteiger charge is 2.19. The van der Waals surface area contributed by atoms with E-state index in [1.54, 1.807) is 0 Å². The Morgan fingerprint density at radius 2 is 0.714 bits per heavy atom. The normalized spacial score (nSPS) is 12.7. The summed E-state index contributed by atoms with van der Waals surface area (Å²) in [7, 11) is 0. The molecule has 1 atom stereocenters. The summed E-state index contributed by atoms with van der Waals surface area (Å²) in [6.07, 6.45) is 54.7. The fraction of sp³-hybridized carbons (Fsp3) is 0.700. The van der Waals surface area contributed by atoms with Gasteiger partial charge in [0, 0.05) is 19.3 Å². The third kappa shape index (κ3) is 42.0. The van der Waals surface area contributed by atoms with Crippen LogP contribution >= 0.6 is 0 Å². The minimum absolute atomic E-state index is 0.102. The van der Waals surface area contributed by atoms with Crippen LogP contribution in [0, 0.1) is 0 Å². The van der Waals surface area contributed by atoms with E-state index in [-0.39, 0.29) is 37.5 Å². The van der Waals surface area contributed by atoms with Crippen molar-refractivity contribution in [1.82, 2.24) is 0 Å². The van der Waals surface area contributed by atoms with Crippen molar-refractivity contribution >= 4 is 17.9 Å². The summed E-state index contributed by atoms with van der Waals surface area (Å²) in [5.74, 6) is -0.989. The minimum atomic E-state index is -0.804. The molecule has 0 rings (SSSR count). The van der Waals surface area contributed by atoms with Gasteiger partial charge in [0.25, 0.3) is 0 Å². The molecule has 0 bridgehead atoms. The highest BCUT2D eigenvalue weighted by atomic mass is 16.6. The second-order valence-corrected chi connectivity index (χ2v) is 14.9. The van der Waals surface area contributed by atoms with Crippen LogP contribution in [-0.4, -0.2) is 37.2 Å². The van der Waals surface area contributed by atoms with Gasteiger partial charge in [-0.15, -0.1) is 0 Å². The molecule has 1 unspecified atom stereocenters. The van der Waals surface area contributed by atoms with E-state index in [0.717, 1.165) is 96.3 Å². The maximum absolute atomic E-state index is 12.7. The van der Waals surface area contributed by atoms with Gasteiger partial charge in [-0.05, 0) is 96.3 Å². The molecule has 0 saturated carbocycles. The van der Waals surface area contributed by atoms with E-state index in [0.29, 0.717) is 19.3 Å². The second-order valence-electron chi connectivity index (χ2n) is 14.9. The Balaban J connectivity index is 4.47. The molecule has 0 spiro atoms. The Kier molecular flexibility index (Phi) is 42.1. The van der Waals surface area contributed by atoms with E-state index in [1.165, 1.54) is 64.2 Å². The molecule has 0 aliphatic heterocycles. The van der Waals surface area contributed by atoms with Gasteiger partial charge >= 0.3 is 17.9 Å². The molecule has 6 nitrogen and oxygen atoms in total. The summed E-state index contributed by atoms with van der Waals surface area (Å²) < 4.78 is 16.6. The summed E-state index contributed by atoms with van der Waals surface area (Å²) in [6.45, 7) is 6.32. The number of unbranched alkanes of at least 4 members (excludes halogenated alkanes) is 17. The number of ether oxygens (including phenoxy) is 3. The molecular weight excluding hydrogens is 697 g/mol. The molecule has 0 aromatic carbocycles. The predicted octanol–water partition coefficient (Wildman–Crippen LogP) is 14.7. The van der Waals surface area contributed by atoms with Gasteiger partial charge in [-0.2, -0.15) is 0 Å². The van der Waals surface area contributed by atoms with Crippen LogP contribution in [0.3, 0.4) is 0 Å². The van der Waals surface area contributed by atoms with E-state index in [1.807, 2.05) is 0 Å². The number of carbonyl (C=O) groups is 3. The number of hydrogen-bond donors (Lipinski definition) is 0. The second kappa shape index (κ2) is 44.6. The Hall–Kier alpha value is -3.15. The molecular formula is C50H84O6. The van der Waals surface area contributed by atoms with Crippen LogP contribution in [-0.2, 0) is 28.6 Å². The van der Waals surface area contributed by atoms with Crippen LogP contribution in [0.1, 0.15) is 207 Å². The SMILES string of the molecule is CC/C=C\C/C=C\C/C=C\CCCC(=O)OCC(COC(=O)CCCCCCCCC/C=C\C/C=C\CC)OC(=O)CCCCC/C=C\CCCCCCCC. The third-order valence-corrected chi connectivity index (χ3v) is 9.43. The summed E-state index contributed by atoms with van der Waals surface area (Å²) >= 11 is 0. The van der Waals surface area contributed by atoms with Gasteiger partial charge in [0.1, 0.15) is 13.2 Å². The molecule has 0 N–H and O–H groups in total. The molecule has 6 heteroatoms. The Bertz CT molecular complexity index is 1080. The van der Waals surface area contributed by atoms with Crippen molar-refractivity contribution in [2.75, 3.05) is 13.2 Å². The average molecular weight is 781 g/mol. The van der Waals surface area contributed by atoms with E-state index in [4.69, 9.17) is 14.2 Å². The standard InChI is InChI=1S/C50H84O6/c1-4-7-10-13-16-19-22-24-26-28-31-34-37-40-43-49(52)55-46-47(45-54-48(51)42-39-36-33-30-27-21-18-15-12-9-6-3)56-50(53)44-41-38-35-32-29-25-23-20-17-14-11-8-5-2/h7,9-10,12,16,18-19,21,25,29-30,33,47H,4-6,8,11,13-15,17,20,22-24,26-28,31-32,34-46H2,1-3H3/b10-7-,12-9-,19-16-,21-18-,29-25-,33-30-. The highest BCUT2D eigenvalue weighted by Crippen LogP contribution is 2.13. The van der Waals surface area contributed by atoms with Gasteiger partial charge < -0.3 is 14.2 Å². The monoisotopic (exact) mass is 781 g/mol. The van der Waals surface area contributed by atoms with Crippen molar-refractivity contribution in [1.29, 1.82) is 0 Å². The van der Waals surface area contributed by atoms with Gasteiger partial charge in [0.15, 0.2) is 6.10 Å². The van der Waals surface area contributed by atoms with Crippen LogP contribution < -0.4 is 0 Å². The maximum atomic E-state index is 12.7. The van der Waals surface area contributed by atoms with Crippen LogP contribution in [0.2, 0.25) is 0 Å². The first-order valence-corrected chi connectivity index (χ1v) is 22.9. The van der Waals surface area contributed by atoms with Gasteiger partial charge in [0.2, 0.25) is 0 Å². The lowest BCUT2D eigenvalue weighted by Crippen LogP contribution is -2.30. The molecule has 0 heterocycles. The molecule has 0 radical (unpaired) electrons. The molecule has 320 valence electrons. The maximum Gasteiger partial charge on any atom is 0.306 e. The first kappa shape index (κ1) is 52.9. The first-order valence-electron chi connectivity index (χ1n) is 22.9. The van der Waals surface area contributed by atoms with Crippen molar-refractivity contribution in [3.05, 3.63) is 72.9 Å².